The fourth-order valence-electron chi connectivity index (χ4n) is 1.96. The summed E-state index contributed by atoms with van der Waals surface area (Å²) in [7, 11) is 0. The normalized spacial score (nSPS) is 32.4. The lowest BCUT2D eigenvalue weighted by molar-refractivity contribution is -0.141. The summed E-state index contributed by atoms with van der Waals surface area (Å²) in [5, 5.41) is 22.0. The molecule has 0 atom stereocenters. The Kier molecular flexibility index (Phi) is 7.25. The van der Waals surface area contributed by atoms with Crippen LogP contribution in [0.15, 0.2) is 0 Å². The summed E-state index contributed by atoms with van der Waals surface area (Å²) in [4.78, 5) is 11.1. The van der Waals surface area contributed by atoms with Gasteiger partial charge in [0, 0.05) is 57.9 Å². The highest BCUT2D eigenvalue weighted by molar-refractivity contribution is 5.70. The summed E-state index contributed by atoms with van der Waals surface area (Å²) in [5.41, 5.74) is 5.88. The van der Waals surface area contributed by atoms with E-state index in [1.54, 1.807) is 0 Å². The molecule has 1 aliphatic heterocycles. The Morgan fingerprint density at radius 1 is 1.05 bits per heavy atom. The minimum atomic E-state index is -0.762. The molecule has 0 amide bonds. The van der Waals surface area contributed by atoms with Crippen LogP contribution in [0.25, 0.3) is 0 Å². The fourth-order valence-corrected chi connectivity index (χ4v) is 1.96. The van der Waals surface area contributed by atoms with E-state index in [1.165, 1.54) is 0 Å². The molecule has 7 N–H and O–H groups in total. The third-order valence-corrected chi connectivity index (χ3v) is 3.15. The summed E-state index contributed by atoms with van der Waals surface area (Å²) < 4.78 is 0. The van der Waals surface area contributed by atoms with E-state index >= 15 is 0 Å². The van der Waals surface area contributed by atoms with Crippen molar-refractivity contribution in [2.75, 3.05) is 52.4 Å². The summed E-state index contributed by atoms with van der Waals surface area (Å²) in [6.07, 6.45) is 0. The summed E-state index contributed by atoms with van der Waals surface area (Å²) in [5.74, 6) is -1.15. The van der Waals surface area contributed by atoms with Crippen LogP contribution in [0.3, 0.4) is 0 Å². The van der Waals surface area contributed by atoms with E-state index in [-0.39, 0.29) is 11.5 Å². The van der Waals surface area contributed by atoms with Gasteiger partial charge in [-0.05, 0) is 6.92 Å². The van der Waals surface area contributed by atoms with Crippen molar-refractivity contribution >= 4 is 5.97 Å². The maximum atomic E-state index is 11.1. The zero-order chi connectivity index (χ0) is 14.1. The van der Waals surface area contributed by atoms with E-state index in [1.807, 2.05) is 6.92 Å². The van der Waals surface area contributed by atoms with Crippen molar-refractivity contribution < 1.29 is 9.90 Å². The molecule has 19 heavy (non-hydrogen) atoms. The summed E-state index contributed by atoms with van der Waals surface area (Å²) >= 11 is 0. The number of nitrogens with one attached hydrogen (secondary N) is 4. The number of carbonyl (C=O) groups is 1. The highest BCUT2D eigenvalue weighted by Gasteiger charge is 2.18. The van der Waals surface area contributed by atoms with E-state index in [0.29, 0.717) is 13.1 Å². The lowest BCUT2D eigenvalue weighted by Crippen LogP contribution is -2.54. The maximum Gasteiger partial charge on any atom is 0.309 e. The van der Waals surface area contributed by atoms with Crippen LogP contribution in [0.1, 0.15) is 6.92 Å². The van der Waals surface area contributed by atoms with Gasteiger partial charge in [0.05, 0.1) is 5.92 Å². The number of aliphatic carboxylic acids is 1. The zero-order valence-corrected chi connectivity index (χ0v) is 11.7. The van der Waals surface area contributed by atoms with Crippen molar-refractivity contribution in [2.45, 2.75) is 12.5 Å². The van der Waals surface area contributed by atoms with Crippen molar-refractivity contribution in [3.05, 3.63) is 0 Å². The smallest absolute Gasteiger partial charge is 0.309 e. The Morgan fingerprint density at radius 2 is 1.47 bits per heavy atom. The van der Waals surface area contributed by atoms with Gasteiger partial charge in [-0.1, -0.05) is 0 Å². The Labute approximate surface area is 114 Å². The van der Waals surface area contributed by atoms with Crippen LogP contribution in [0.4, 0.5) is 0 Å². The molecule has 0 aliphatic carbocycles. The van der Waals surface area contributed by atoms with E-state index in [2.05, 4.69) is 21.3 Å². The highest BCUT2D eigenvalue weighted by atomic mass is 16.4. The second-order valence-corrected chi connectivity index (χ2v) is 5.45. The van der Waals surface area contributed by atoms with Gasteiger partial charge >= 0.3 is 5.97 Å². The fraction of sp³-hybridized carbons (Fsp3) is 0.917. The Morgan fingerprint density at radius 3 is 1.89 bits per heavy atom. The molecule has 112 valence electrons. The van der Waals surface area contributed by atoms with Crippen LogP contribution in [0.2, 0.25) is 0 Å². The number of rotatable bonds is 1. The monoisotopic (exact) mass is 273 g/mol. The van der Waals surface area contributed by atoms with E-state index in [0.717, 1.165) is 39.3 Å². The van der Waals surface area contributed by atoms with Crippen molar-refractivity contribution in [3.8, 4) is 0 Å². The molecule has 7 heteroatoms. The number of carboxylic acids is 1. The highest BCUT2D eigenvalue weighted by Crippen LogP contribution is 1.95. The van der Waals surface area contributed by atoms with Crippen molar-refractivity contribution in [1.29, 1.82) is 0 Å². The summed E-state index contributed by atoms with van der Waals surface area (Å²) in [6, 6.07) is 0. The molecule has 0 radical (unpaired) electrons. The average molecular weight is 273 g/mol. The summed E-state index contributed by atoms with van der Waals surface area (Å²) in [6.45, 7) is 7.50. The van der Waals surface area contributed by atoms with Crippen molar-refractivity contribution in [1.82, 2.24) is 21.3 Å². The third kappa shape index (κ3) is 7.44. The maximum absolute atomic E-state index is 11.1. The average Bonchev–Trinajstić information content (AvgIpc) is 2.33. The minimum Gasteiger partial charge on any atom is -0.481 e. The molecule has 1 fully saturated rings. The van der Waals surface area contributed by atoms with Gasteiger partial charge < -0.3 is 32.1 Å². The van der Waals surface area contributed by atoms with Crippen molar-refractivity contribution in [3.63, 3.8) is 0 Å². The lowest BCUT2D eigenvalue weighted by Gasteiger charge is -2.26. The third-order valence-electron chi connectivity index (χ3n) is 3.15. The van der Waals surface area contributed by atoms with Crippen LogP contribution in [0, 0.1) is 5.92 Å². The first-order valence-electron chi connectivity index (χ1n) is 6.86. The molecular weight excluding hydrogens is 246 g/mol. The minimum absolute atomic E-state index is 0.270. The van der Waals surface area contributed by atoms with Gasteiger partial charge in [-0.25, -0.2) is 0 Å². The number of carboxylic acid groups (broad SMARTS) is 1. The number of hydrogen-bond donors (Lipinski definition) is 6. The number of nitrogens with two attached hydrogens (primary N) is 1. The predicted molar refractivity (Wildman–Crippen MR) is 75.2 cm³/mol. The SMILES string of the molecule is CC1(N)CNCCNCC(C(=O)O)CNCCNC1. The van der Waals surface area contributed by atoms with E-state index in [9.17, 15) is 4.79 Å². The van der Waals surface area contributed by atoms with Crippen LogP contribution in [-0.2, 0) is 4.79 Å². The second kappa shape index (κ2) is 8.44. The molecule has 0 spiro atoms. The van der Waals surface area contributed by atoms with Gasteiger partial charge in [0.2, 0.25) is 0 Å². The topological polar surface area (TPSA) is 111 Å². The van der Waals surface area contributed by atoms with Crippen LogP contribution >= 0.6 is 0 Å². The molecule has 0 saturated carbocycles. The standard InChI is InChI=1S/C12H27N5O2/c1-12(13)8-16-4-2-14-6-10(11(18)19)7-15-3-5-17-9-12/h10,14-17H,2-9,13H2,1H3,(H,18,19). The molecule has 1 saturated heterocycles. The first-order chi connectivity index (χ1) is 9.01. The Hall–Kier alpha value is -0.730. The first kappa shape index (κ1) is 16.3. The van der Waals surface area contributed by atoms with Crippen LogP contribution in [0.5, 0.6) is 0 Å². The van der Waals surface area contributed by atoms with Gasteiger partial charge in [-0.3, -0.25) is 4.79 Å². The molecule has 0 bridgehead atoms. The molecule has 0 aromatic carbocycles. The largest absolute Gasteiger partial charge is 0.481 e. The molecule has 1 heterocycles. The van der Waals surface area contributed by atoms with Crippen LogP contribution < -0.4 is 27.0 Å². The second-order valence-electron chi connectivity index (χ2n) is 5.45. The molecule has 1 rings (SSSR count). The van der Waals surface area contributed by atoms with E-state index < -0.39 is 5.97 Å². The Balaban J connectivity index is 2.39. The molecule has 0 unspecified atom stereocenters. The lowest BCUT2D eigenvalue weighted by atomic mass is 10.0. The first-order valence-corrected chi connectivity index (χ1v) is 6.86. The zero-order valence-electron chi connectivity index (χ0n) is 11.7. The molecule has 0 aromatic rings. The quantitative estimate of drug-likeness (QED) is 0.321. The van der Waals surface area contributed by atoms with Crippen LogP contribution in [-0.4, -0.2) is 69.0 Å². The molecule has 7 nitrogen and oxygen atoms in total. The molecule has 0 aromatic heterocycles. The van der Waals surface area contributed by atoms with E-state index in [4.69, 9.17) is 10.8 Å². The van der Waals surface area contributed by atoms with Gasteiger partial charge in [0.1, 0.15) is 0 Å². The van der Waals surface area contributed by atoms with Gasteiger partial charge in [-0.15, -0.1) is 0 Å². The van der Waals surface area contributed by atoms with Gasteiger partial charge in [0.15, 0.2) is 0 Å². The molecule has 1 aliphatic rings. The van der Waals surface area contributed by atoms with Gasteiger partial charge in [0.25, 0.3) is 0 Å². The number of hydrogen-bond acceptors (Lipinski definition) is 6. The molecular formula is C12H27N5O2. The Bertz CT molecular complexity index is 255. The predicted octanol–water partition coefficient (Wildman–Crippen LogP) is -2.22. The van der Waals surface area contributed by atoms with Crippen molar-refractivity contribution in [2.24, 2.45) is 11.7 Å². The van der Waals surface area contributed by atoms with Gasteiger partial charge in [-0.2, -0.15) is 0 Å².